The van der Waals surface area contributed by atoms with E-state index in [4.69, 9.17) is 10.6 Å². The fraction of sp³-hybridized carbons (Fsp3) is 0.111. The number of hydrogen-bond acceptors (Lipinski definition) is 10. The first-order valence-electron chi connectivity index (χ1n) is 8.77. The Morgan fingerprint density at radius 1 is 1.32 bits per heavy atom. The number of nitrogen functional groups attached to an aromatic ring is 1. The summed E-state index contributed by atoms with van der Waals surface area (Å²) in [6.45, 7) is 0. The van der Waals surface area contributed by atoms with Crippen LogP contribution in [0.2, 0.25) is 0 Å². The zero-order valence-electron chi connectivity index (χ0n) is 16.3. The van der Waals surface area contributed by atoms with E-state index < -0.39 is 4.92 Å². The molecule has 0 atom stereocenters. The van der Waals surface area contributed by atoms with Gasteiger partial charge in [-0.1, -0.05) is 23.9 Å². The van der Waals surface area contributed by atoms with Gasteiger partial charge in [-0.25, -0.2) is 10.1 Å². The lowest BCUT2D eigenvalue weighted by Gasteiger charge is -2.05. The molecule has 1 aromatic heterocycles. The van der Waals surface area contributed by atoms with Gasteiger partial charge in [0.15, 0.2) is 0 Å². The van der Waals surface area contributed by atoms with Crippen LogP contribution in [0, 0.1) is 10.1 Å². The maximum atomic E-state index is 12.1. The van der Waals surface area contributed by atoms with E-state index in [1.54, 1.807) is 13.3 Å². The van der Waals surface area contributed by atoms with Gasteiger partial charge in [0.25, 0.3) is 11.6 Å². The summed E-state index contributed by atoms with van der Waals surface area (Å²) in [6.07, 6.45) is 1.57. The standard InChI is InChI=1S/C18H18N8O4S/c1-30-15-4-2-3-12(9-15)10-20-22-17-23-24-18(25(17)19)31-11-16(27)21-13-5-7-14(8-6-13)26(28)29/h2-10H,11,19H2,1H3,(H,21,27)(H,22,23)/b20-10+. The molecule has 0 spiro atoms. The summed E-state index contributed by atoms with van der Waals surface area (Å²) in [6, 6.07) is 12.8. The Bertz CT molecular complexity index is 1100. The Morgan fingerprint density at radius 2 is 2.10 bits per heavy atom. The molecule has 13 heteroatoms. The van der Waals surface area contributed by atoms with Crippen LogP contribution in [-0.4, -0.2) is 44.8 Å². The van der Waals surface area contributed by atoms with Crippen LogP contribution >= 0.6 is 11.8 Å². The van der Waals surface area contributed by atoms with Crippen molar-refractivity contribution in [3.8, 4) is 5.75 Å². The molecule has 0 saturated carbocycles. The molecule has 0 unspecified atom stereocenters. The number of rotatable bonds is 9. The van der Waals surface area contributed by atoms with Gasteiger partial charge in [0, 0.05) is 17.8 Å². The molecule has 2 aromatic carbocycles. The average Bonchev–Trinajstić information content (AvgIpc) is 3.12. The molecule has 0 aliphatic rings. The number of nitrogens with zero attached hydrogens (tertiary/aromatic N) is 5. The SMILES string of the molecule is COc1cccc(/C=N/Nc2nnc(SCC(=O)Nc3ccc([N+](=O)[O-])cc3)n2N)c1. The van der Waals surface area contributed by atoms with Crippen molar-refractivity contribution in [2.75, 3.05) is 29.4 Å². The van der Waals surface area contributed by atoms with Crippen molar-refractivity contribution in [2.45, 2.75) is 5.16 Å². The molecular weight excluding hydrogens is 424 g/mol. The monoisotopic (exact) mass is 442 g/mol. The minimum Gasteiger partial charge on any atom is -0.497 e. The molecule has 160 valence electrons. The minimum absolute atomic E-state index is 0.0133. The quantitative estimate of drug-likeness (QED) is 0.148. The molecule has 0 fully saturated rings. The van der Waals surface area contributed by atoms with Crippen molar-refractivity contribution < 1.29 is 14.5 Å². The normalized spacial score (nSPS) is 10.7. The highest BCUT2D eigenvalue weighted by Gasteiger charge is 2.12. The van der Waals surface area contributed by atoms with Gasteiger partial charge in [0.2, 0.25) is 11.1 Å². The number of methoxy groups -OCH3 is 1. The number of carbonyl (C=O) groups excluding carboxylic acids is 1. The van der Waals surface area contributed by atoms with Gasteiger partial charge < -0.3 is 15.9 Å². The summed E-state index contributed by atoms with van der Waals surface area (Å²) >= 11 is 1.07. The van der Waals surface area contributed by atoms with Crippen molar-refractivity contribution in [3.05, 3.63) is 64.2 Å². The van der Waals surface area contributed by atoms with E-state index in [0.717, 1.165) is 17.3 Å². The van der Waals surface area contributed by atoms with E-state index in [1.165, 1.54) is 28.9 Å². The summed E-state index contributed by atoms with van der Waals surface area (Å²) < 4.78 is 6.32. The molecule has 0 aliphatic carbocycles. The number of nitro benzene ring substituents is 1. The Balaban J connectivity index is 1.52. The van der Waals surface area contributed by atoms with E-state index in [0.29, 0.717) is 16.6 Å². The van der Waals surface area contributed by atoms with Gasteiger partial charge in [-0.15, -0.1) is 10.2 Å². The number of thioether (sulfide) groups is 1. The zero-order chi connectivity index (χ0) is 22.2. The number of non-ortho nitro benzene ring substituents is 1. The third-order valence-electron chi connectivity index (χ3n) is 3.83. The molecule has 0 aliphatic heterocycles. The molecule has 0 radical (unpaired) electrons. The molecular formula is C18H18N8O4S. The Labute approximate surface area is 180 Å². The van der Waals surface area contributed by atoms with Gasteiger partial charge >= 0.3 is 0 Å². The van der Waals surface area contributed by atoms with Crippen LogP contribution in [0.3, 0.4) is 0 Å². The predicted octanol–water partition coefficient (Wildman–Crippen LogP) is 2.09. The second kappa shape index (κ2) is 10.1. The van der Waals surface area contributed by atoms with E-state index in [1.807, 2.05) is 24.3 Å². The lowest BCUT2D eigenvalue weighted by atomic mass is 10.2. The number of nitrogens with two attached hydrogens (primary N) is 1. The van der Waals surface area contributed by atoms with Crippen LogP contribution < -0.4 is 21.3 Å². The van der Waals surface area contributed by atoms with E-state index in [9.17, 15) is 14.9 Å². The summed E-state index contributed by atoms with van der Waals surface area (Å²) in [5.74, 6) is 6.52. The number of aromatic nitrogens is 3. The highest BCUT2D eigenvalue weighted by atomic mass is 32.2. The predicted molar refractivity (Wildman–Crippen MR) is 117 cm³/mol. The van der Waals surface area contributed by atoms with E-state index in [2.05, 4.69) is 26.0 Å². The topological polar surface area (TPSA) is 163 Å². The first kappa shape index (κ1) is 21.6. The number of ether oxygens (including phenoxy) is 1. The van der Waals surface area contributed by atoms with Gasteiger partial charge in [0.1, 0.15) is 5.75 Å². The number of hydrogen-bond donors (Lipinski definition) is 3. The number of nitrogens with one attached hydrogen (secondary N) is 2. The Kier molecular flexibility index (Phi) is 7.01. The first-order chi connectivity index (χ1) is 15.0. The minimum atomic E-state index is -0.512. The summed E-state index contributed by atoms with van der Waals surface area (Å²) in [7, 11) is 1.58. The van der Waals surface area contributed by atoms with Crippen LogP contribution in [0.15, 0.2) is 58.8 Å². The fourth-order valence-electron chi connectivity index (χ4n) is 2.33. The van der Waals surface area contributed by atoms with E-state index in [-0.39, 0.29) is 23.3 Å². The lowest BCUT2D eigenvalue weighted by molar-refractivity contribution is -0.384. The molecule has 1 amide bonds. The highest BCUT2D eigenvalue weighted by molar-refractivity contribution is 7.99. The van der Waals surface area contributed by atoms with Crippen molar-refractivity contribution in [1.29, 1.82) is 0 Å². The smallest absolute Gasteiger partial charge is 0.269 e. The Morgan fingerprint density at radius 3 is 2.81 bits per heavy atom. The largest absolute Gasteiger partial charge is 0.497 e. The van der Waals surface area contributed by atoms with Gasteiger partial charge in [0.05, 0.1) is 24.0 Å². The van der Waals surface area contributed by atoms with Crippen LogP contribution in [0.5, 0.6) is 5.75 Å². The van der Waals surface area contributed by atoms with Crippen LogP contribution in [0.25, 0.3) is 0 Å². The number of amides is 1. The van der Waals surface area contributed by atoms with Gasteiger partial charge in [-0.05, 0) is 29.8 Å². The third kappa shape index (κ3) is 5.93. The summed E-state index contributed by atoms with van der Waals surface area (Å²) in [5.41, 5.74) is 3.88. The molecule has 4 N–H and O–H groups in total. The summed E-state index contributed by atoms with van der Waals surface area (Å²) in [5, 5.41) is 25.5. The summed E-state index contributed by atoms with van der Waals surface area (Å²) in [4.78, 5) is 22.2. The van der Waals surface area contributed by atoms with Crippen molar-refractivity contribution in [3.63, 3.8) is 0 Å². The van der Waals surface area contributed by atoms with E-state index >= 15 is 0 Å². The number of anilines is 2. The van der Waals surface area contributed by atoms with Crippen molar-refractivity contribution in [1.82, 2.24) is 14.9 Å². The van der Waals surface area contributed by atoms with Crippen molar-refractivity contribution in [2.24, 2.45) is 5.10 Å². The van der Waals surface area contributed by atoms with Crippen LogP contribution in [0.4, 0.5) is 17.3 Å². The van der Waals surface area contributed by atoms with Gasteiger partial charge in [-0.2, -0.15) is 5.10 Å². The number of benzene rings is 2. The van der Waals surface area contributed by atoms with Crippen molar-refractivity contribution >= 4 is 41.2 Å². The number of carbonyl (C=O) groups is 1. The molecule has 12 nitrogen and oxygen atoms in total. The lowest BCUT2D eigenvalue weighted by Crippen LogP contribution is -2.16. The molecule has 3 aromatic rings. The maximum absolute atomic E-state index is 12.1. The second-order valence-corrected chi connectivity index (χ2v) is 6.91. The third-order valence-corrected chi connectivity index (χ3v) is 4.77. The Hall–Kier alpha value is -4.13. The average molecular weight is 442 g/mol. The molecule has 31 heavy (non-hydrogen) atoms. The number of nitro groups is 1. The number of hydrazone groups is 1. The van der Waals surface area contributed by atoms with Crippen LogP contribution in [-0.2, 0) is 4.79 Å². The maximum Gasteiger partial charge on any atom is 0.269 e. The second-order valence-electron chi connectivity index (χ2n) is 5.96. The fourth-order valence-corrected chi connectivity index (χ4v) is 2.99. The first-order valence-corrected chi connectivity index (χ1v) is 9.75. The van der Waals surface area contributed by atoms with Gasteiger partial charge in [-0.3, -0.25) is 14.9 Å². The molecule has 0 bridgehead atoms. The zero-order valence-corrected chi connectivity index (χ0v) is 17.1. The highest BCUT2D eigenvalue weighted by Crippen LogP contribution is 2.19. The molecule has 3 rings (SSSR count). The molecule has 0 saturated heterocycles. The van der Waals surface area contributed by atoms with Crippen LogP contribution in [0.1, 0.15) is 5.56 Å². The molecule has 1 heterocycles.